The Morgan fingerprint density at radius 3 is 2.87 bits per heavy atom. The van der Waals surface area contributed by atoms with Crippen LogP contribution in [-0.4, -0.2) is 53.6 Å². The molecule has 0 aliphatic carbocycles. The van der Waals surface area contributed by atoms with Crippen LogP contribution < -0.4 is 10.6 Å². The Balaban J connectivity index is 1.53. The molecule has 0 amide bonds. The van der Waals surface area contributed by atoms with E-state index in [4.69, 9.17) is 4.98 Å². The van der Waals surface area contributed by atoms with Crippen LogP contribution in [0.15, 0.2) is 43.2 Å². The Hall–Kier alpha value is -3.33. The van der Waals surface area contributed by atoms with Crippen molar-refractivity contribution < 1.29 is 0 Å². The monoisotopic (exact) mass is 403 g/mol. The number of nitrogens with zero attached hydrogens (tertiary/aromatic N) is 7. The lowest BCUT2D eigenvalue weighted by atomic mass is 10.1. The quantitative estimate of drug-likeness (QED) is 0.529. The van der Waals surface area contributed by atoms with Crippen molar-refractivity contribution in [1.29, 1.82) is 0 Å². The second-order valence-electron chi connectivity index (χ2n) is 7.94. The second kappa shape index (κ2) is 7.83. The Labute approximate surface area is 174 Å². The summed E-state index contributed by atoms with van der Waals surface area (Å²) < 4.78 is 3.97. The van der Waals surface area contributed by atoms with Crippen LogP contribution in [-0.2, 0) is 0 Å². The van der Waals surface area contributed by atoms with Crippen LogP contribution in [0.25, 0.3) is 28.1 Å². The number of hydrogen-bond acceptors (Lipinski definition) is 7. The van der Waals surface area contributed by atoms with Gasteiger partial charge in [-0.05, 0) is 45.8 Å². The van der Waals surface area contributed by atoms with Gasteiger partial charge < -0.3 is 10.6 Å². The normalized spacial score (nSPS) is 15.2. The molecule has 0 saturated carbocycles. The van der Waals surface area contributed by atoms with E-state index in [-0.39, 0.29) is 6.04 Å². The molecule has 1 saturated heterocycles. The summed E-state index contributed by atoms with van der Waals surface area (Å²) in [5.74, 6) is 0.793. The van der Waals surface area contributed by atoms with E-state index in [2.05, 4.69) is 44.8 Å². The van der Waals surface area contributed by atoms with Crippen LogP contribution >= 0.6 is 0 Å². The van der Waals surface area contributed by atoms with E-state index in [1.54, 1.807) is 12.5 Å². The third-order valence-electron chi connectivity index (χ3n) is 5.40. The largest absolute Gasteiger partial charge is 0.382 e. The Morgan fingerprint density at radius 2 is 2.03 bits per heavy atom. The van der Waals surface area contributed by atoms with Gasteiger partial charge in [0, 0.05) is 47.3 Å². The lowest BCUT2D eigenvalue weighted by molar-refractivity contribution is 0.337. The number of hydrogen-bond donors (Lipinski definition) is 2. The van der Waals surface area contributed by atoms with E-state index >= 15 is 0 Å². The summed E-state index contributed by atoms with van der Waals surface area (Å²) in [6, 6.07) is 4.69. The Kier molecular flexibility index (Phi) is 4.88. The second-order valence-corrected chi connectivity index (χ2v) is 7.94. The third kappa shape index (κ3) is 3.52. The Morgan fingerprint density at radius 1 is 1.17 bits per heavy atom. The van der Waals surface area contributed by atoms with Gasteiger partial charge in [-0.2, -0.15) is 0 Å². The van der Waals surface area contributed by atoms with Crippen LogP contribution in [0.3, 0.4) is 0 Å². The van der Waals surface area contributed by atoms with Gasteiger partial charge in [-0.25, -0.2) is 19.6 Å². The van der Waals surface area contributed by atoms with E-state index < -0.39 is 0 Å². The van der Waals surface area contributed by atoms with Crippen molar-refractivity contribution in [3.63, 3.8) is 0 Å². The average molecular weight is 403 g/mol. The highest BCUT2D eigenvalue weighted by molar-refractivity contribution is 5.79. The highest BCUT2D eigenvalue weighted by Crippen LogP contribution is 2.30. The van der Waals surface area contributed by atoms with Gasteiger partial charge in [0.1, 0.15) is 23.5 Å². The maximum atomic E-state index is 4.71. The van der Waals surface area contributed by atoms with E-state index in [9.17, 15) is 0 Å². The smallest absolute Gasteiger partial charge is 0.149 e. The van der Waals surface area contributed by atoms with Crippen molar-refractivity contribution in [3.8, 4) is 17.1 Å². The number of nitrogens with one attached hydrogen (secondary N) is 2. The molecule has 1 aliphatic heterocycles. The summed E-state index contributed by atoms with van der Waals surface area (Å²) >= 11 is 0. The van der Waals surface area contributed by atoms with Crippen molar-refractivity contribution in [2.24, 2.45) is 0 Å². The van der Waals surface area contributed by atoms with Crippen molar-refractivity contribution >= 4 is 16.7 Å². The van der Waals surface area contributed by atoms with Gasteiger partial charge in [0.2, 0.25) is 0 Å². The average Bonchev–Trinajstić information content (AvgIpc) is 3.42. The molecule has 1 fully saturated rings. The minimum Gasteiger partial charge on any atom is -0.382 e. The first kappa shape index (κ1) is 18.7. The van der Waals surface area contributed by atoms with E-state index in [1.807, 2.05) is 40.0 Å². The zero-order valence-electron chi connectivity index (χ0n) is 17.2. The first-order chi connectivity index (χ1) is 14.7. The van der Waals surface area contributed by atoms with E-state index in [0.717, 1.165) is 59.7 Å². The molecule has 5 rings (SSSR count). The van der Waals surface area contributed by atoms with Gasteiger partial charge in [-0.1, -0.05) is 5.21 Å². The van der Waals surface area contributed by atoms with Gasteiger partial charge in [0.25, 0.3) is 0 Å². The SMILES string of the molecule is CC(C)Nc1cc(-n2ccc3cncnc32)ncc1-c1cn(C2CCNCC2)nn1. The summed E-state index contributed by atoms with van der Waals surface area (Å²) in [6.45, 7) is 6.28. The van der Waals surface area contributed by atoms with Crippen molar-refractivity contribution in [2.45, 2.75) is 38.8 Å². The number of fused-ring (bicyclic) bond motifs is 1. The molecular weight excluding hydrogens is 378 g/mol. The molecule has 0 radical (unpaired) electrons. The summed E-state index contributed by atoms with van der Waals surface area (Å²) in [5.41, 5.74) is 3.58. The fourth-order valence-corrected chi connectivity index (χ4v) is 3.92. The number of aromatic nitrogens is 7. The molecule has 154 valence electrons. The molecule has 0 unspecified atom stereocenters. The maximum Gasteiger partial charge on any atom is 0.149 e. The van der Waals surface area contributed by atoms with E-state index in [1.165, 1.54) is 0 Å². The van der Waals surface area contributed by atoms with Crippen LogP contribution in [0.1, 0.15) is 32.7 Å². The lowest BCUT2D eigenvalue weighted by Gasteiger charge is -2.22. The number of piperidine rings is 1. The zero-order chi connectivity index (χ0) is 20.5. The van der Waals surface area contributed by atoms with Crippen LogP contribution in [0.4, 0.5) is 5.69 Å². The van der Waals surface area contributed by atoms with Crippen LogP contribution in [0, 0.1) is 0 Å². The van der Waals surface area contributed by atoms with Gasteiger partial charge in [0.05, 0.1) is 12.2 Å². The van der Waals surface area contributed by atoms with E-state index in [0.29, 0.717) is 6.04 Å². The molecule has 5 heterocycles. The minimum atomic E-state index is 0.266. The number of rotatable bonds is 5. The molecule has 0 atom stereocenters. The minimum absolute atomic E-state index is 0.266. The molecule has 4 aromatic heterocycles. The summed E-state index contributed by atoms with van der Waals surface area (Å²) in [5, 5.41) is 16.8. The molecule has 0 bridgehead atoms. The van der Waals surface area contributed by atoms with Crippen LogP contribution in [0.2, 0.25) is 0 Å². The van der Waals surface area contributed by atoms with Gasteiger partial charge in [-0.15, -0.1) is 5.10 Å². The summed E-state index contributed by atoms with van der Waals surface area (Å²) in [4.78, 5) is 13.2. The molecule has 9 heteroatoms. The predicted octanol–water partition coefficient (Wildman–Crippen LogP) is 2.82. The molecule has 1 aliphatic rings. The molecular formula is C21H25N9. The number of pyridine rings is 1. The Bertz CT molecular complexity index is 1150. The van der Waals surface area contributed by atoms with Crippen molar-refractivity contribution in [1.82, 2.24) is 39.8 Å². The third-order valence-corrected chi connectivity index (χ3v) is 5.40. The summed E-state index contributed by atoms with van der Waals surface area (Å²) in [7, 11) is 0. The van der Waals surface area contributed by atoms with Gasteiger partial charge in [0.15, 0.2) is 0 Å². The lowest BCUT2D eigenvalue weighted by Crippen LogP contribution is -2.29. The molecule has 30 heavy (non-hydrogen) atoms. The van der Waals surface area contributed by atoms with Crippen molar-refractivity contribution in [3.05, 3.63) is 43.2 Å². The standard InChI is InChI=1S/C21H25N9/c1-14(2)26-18-9-20(29-8-5-15-10-23-13-25-21(15)29)24-11-17(18)19-12-30(28-27-19)16-3-6-22-7-4-16/h5,8-14,16,22H,3-4,6-7H2,1-2H3,(H,24,26). The fourth-order valence-electron chi connectivity index (χ4n) is 3.92. The molecule has 0 aromatic carbocycles. The summed E-state index contributed by atoms with van der Waals surface area (Å²) in [6.07, 6.45) is 11.4. The zero-order valence-corrected chi connectivity index (χ0v) is 17.2. The molecule has 0 spiro atoms. The topological polar surface area (TPSA) is 98.4 Å². The highest BCUT2D eigenvalue weighted by Gasteiger charge is 2.19. The maximum absolute atomic E-state index is 4.71. The number of anilines is 1. The first-order valence-electron chi connectivity index (χ1n) is 10.4. The molecule has 2 N–H and O–H groups in total. The van der Waals surface area contributed by atoms with Crippen molar-refractivity contribution in [2.75, 3.05) is 18.4 Å². The fraction of sp³-hybridized carbons (Fsp3) is 0.381. The van der Waals surface area contributed by atoms with Gasteiger partial charge >= 0.3 is 0 Å². The first-order valence-corrected chi connectivity index (χ1v) is 10.4. The highest BCUT2D eigenvalue weighted by atomic mass is 15.4. The van der Waals surface area contributed by atoms with Gasteiger partial charge in [-0.3, -0.25) is 4.57 Å². The van der Waals surface area contributed by atoms with Crippen LogP contribution in [0.5, 0.6) is 0 Å². The predicted molar refractivity (Wildman–Crippen MR) is 116 cm³/mol. The molecule has 9 nitrogen and oxygen atoms in total. The molecule has 4 aromatic rings.